The van der Waals surface area contributed by atoms with E-state index in [9.17, 15) is 4.79 Å². The minimum absolute atomic E-state index is 0.0919. The second kappa shape index (κ2) is 3.02. The van der Waals surface area contributed by atoms with Crippen LogP contribution in [0.1, 0.15) is 18.1 Å². The zero-order chi connectivity index (χ0) is 10.3. The Labute approximate surface area is 88.1 Å². The molecular weight excluding hydrogens is 194 g/mol. The van der Waals surface area contributed by atoms with Gasteiger partial charge in [-0.25, -0.2) is 0 Å². The van der Waals surface area contributed by atoms with E-state index in [0.29, 0.717) is 0 Å². The number of anilines is 1. The largest absolute Gasteiger partial charge is 0.324 e. The zero-order valence-corrected chi connectivity index (χ0v) is 9.37. The van der Waals surface area contributed by atoms with Gasteiger partial charge in [0.1, 0.15) is 4.75 Å². The fraction of sp³-hybridized carbons (Fsp3) is 0.364. The van der Waals surface area contributed by atoms with E-state index in [2.05, 4.69) is 5.32 Å². The standard InChI is InChI=1S/C11H13NOS/c1-7-5-4-6-8-9(7)11(2,14-3)10(13)12-8/h4-6H,1-3H3,(H,12,13). The summed E-state index contributed by atoms with van der Waals surface area (Å²) in [7, 11) is 0. The number of benzene rings is 1. The molecule has 1 amide bonds. The van der Waals surface area contributed by atoms with Crippen LogP contribution in [0.2, 0.25) is 0 Å². The summed E-state index contributed by atoms with van der Waals surface area (Å²) in [6.45, 7) is 4.03. The van der Waals surface area contributed by atoms with Crippen LogP contribution in [-0.4, -0.2) is 12.2 Å². The number of amides is 1. The van der Waals surface area contributed by atoms with E-state index in [4.69, 9.17) is 0 Å². The lowest BCUT2D eigenvalue weighted by Gasteiger charge is -2.20. The van der Waals surface area contributed by atoms with E-state index in [-0.39, 0.29) is 5.91 Å². The van der Waals surface area contributed by atoms with Gasteiger partial charge in [0.2, 0.25) is 5.91 Å². The maximum Gasteiger partial charge on any atom is 0.244 e. The van der Waals surface area contributed by atoms with Crippen LogP contribution in [0, 0.1) is 6.92 Å². The molecule has 14 heavy (non-hydrogen) atoms. The van der Waals surface area contributed by atoms with Crippen molar-refractivity contribution in [1.82, 2.24) is 0 Å². The van der Waals surface area contributed by atoms with Crippen molar-refractivity contribution in [2.45, 2.75) is 18.6 Å². The Bertz CT molecular complexity index is 402. The number of carbonyl (C=O) groups excluding carboxylic acids is 1. The topological polar surface area (TPSA) is 29.1 Å². The molecule has 0 saturated carbocycles. The first-order valence-corrected chi connectivity index (χ1v) is 5.79. The highest BCUT2D eigenvalue weighted by atomic mass is 32.2. The van der Waals surface area contributed by atoms with Crippen molar-refractivity contribution in [2.24, 2.45) is 0 Å². The van der Waals surface area contributed by atoms with Gasteiger partial charge in [0.15, 0.2) is 0 Å². The average molecular weight is 207 g/mol. The lowest BCUT2D eigenvalue weighted by Crippen LogP contribution is -2.27. The van der Waals surface area contributed by atoms with E-state index in [1.54, 1.807) is 11.8 Å². The molecule has 0 aliphatic carbocycles. The van der Waals surface area contributed by atoms with Crippen molar-refractivity contribution in [3.8, 4) is 0 Å². The van der Waals surface area contributed by atoms with Gasteiger partial charge in [-0.2, -0.15) is 0 Å². The molecule has 1 aliphatic rings. The number of nitrogens with one attached hydrogen (secondary N) is 1. The van der Waals surface area contributed by atoms with E-state index in [1.807, 2.05) is 38.3 Å². The molecule has 1 N–H and O–H groups in total. The third kappa shape index (κ3) is 1.08. The van der Waals surface area contributed by atoms with Crippen LogP contribution in [0.25, 0.3) is 0 Å². The number of thioether (sulfide) groups is 1. The van der Waals surface area contributed by atoms with Crippen LogP contribution in [0.4, 0.5) is 5.69 Å². The predicted octanol–water partition coefficient (Wildman–Crippen LogP) is 2.53. The lowest BCUT2D eigenvalue weighted by atomic mass is 9.97. The van der Waals surface area contributed by atoms with Crippen LogP contribution in [0.5, 0.6) is 0 Å². The molecule has 1 unspecified atom stereocenters. The fourth-order valence-electron chi connectivity index (χ4n) is 1.96. The summed E-state index contributed by atoms with van der Waals surface area (Å²) >= 11 is 1.59. The molecule has 2 rings (SSSR count). The maximum absolute atomic E-state index is 11.8. The fourth-order valence-corrected chi connectivity index (χ4v) is 2.67. The van der Waals surface area contributed by atoms with E-state index >= 15 is 0 Å². The molecule has 3 heteroatoms. The van der Waals surface area contributed by atoms with Crippen molar-refractivity contribution in [2.75, 3.05) is 11.6 Å². The third-order valence-corrected chi connectivity index (χ3v) is 4.05. The molecule has 1 aliphatic heterocycles. The number of fused-ring (bicyclic) bond motifs is 1. The quantitative estimate of drug-likeness (QED) is 0.766. The van der Waals surface area contributed by atoms with Gasteiger partial charge in [0.25, 0.3) is 0 Å². The lowest BCUT2D eigenvalue weighted by molar-refractivity contribution is -0.117. The van der Waals surface area contributed by atoms with Gasteiger partial charge in [-0.1, -0.05) is 12.1 Å². The van der Waals surface area contributed by atoms with Crippen LogP contribution < -0.4 is 5.32 Å². The summed E-state index contributed by atoms with van der Waals surface area (Å²) in [5, 5.41) is 2.92. The molecule has 0 fully saturated rings. The van der Waals surface area contributed by atoms with E-state index in [1.165, 1.54) is 5.56 Å². The Morgan fingerprint density at radius 2 is 2.14 bits per heavy atom. The highest BCUT2D eigenvalue weighted by Crippen LogP contribution is 2.45. The second-order valence-corrected chi connectivity index (χ2v) is 4.91. The Balaban J connectivity index is 2.67. The van der Waals surface area contributed by atoms with Crippen LogP contribution >= 0.6 is 11.8 Å². The number of aryl methyl sites for hydroxylation is 1. The highest BCUT2D eigenvalue weighted by Gasteiger charge is 2.42. The minimum atomic E-state index is -0.416. The first kappa shape index (κ1) is 9.59. The molecular formula is C11H13NOS. The predicted molar refractivity (Wildman–Crippen MR) is 60.7 cm³/mol. The molecule has 0 spiro atoms. The summed E-state index contributed by atoms with van der Waals surface area (Å²) in [5.41, 5.74) is 3.28. The summed E-state index contributed by atoms with van der Waals surface area (Å²) in [5.74, 6) is 0.0919. The van der Waals surface area contributed by atoms with Crippen molar-refractivity contribution in [3.63, 3.8) is 0 Å². The van der Waals surface area contributed by atoms with Gasteiger partial charge in [-0.3, -0.25) is 4.79 Å². The van der Waals surface area contributed by atoms with Crippen molar-refractivity contribution < 1.29 is 4.79 Å². The number of hydrogen-bond acceptors (Lipinski definition) is 2. The summed E-state index contributed by atoms with van der Waals surface area (Å²) < 4.78 is -0.416. The van der Waals surface area contributed by atoms with Crippen molar-refractivity contribution in [1.29, 1.82) is 0 Å². The van der Waals surface area contributed by atoms with Gasteiger partial charge in [-0.05, 0) is 31.7 Å². The van der Waals surface area contributed by atoms with E-state index in [0.717, 1.165) is 11.3 Å². The molecule has 1 atom stereocenters. The second-order valence-electron chi connectivity index (χ2n) is 3.69. The Morgan fingerprint density at radius 3 is 2.79 bits per heavy atom. The van der Waals surface area contributed by atoms with Gasteiger partial charge >= 0.3 is 0 Å². The van der Waals surface area contributed by atoms with Crippen molar-refractivity contribution >= 4 is 23.4 Å². The molecule has 1 aromatic carbocycles. The Kier molecular flexibility index (Phi) is 2.07. The van der Waals surface area contributed by atoms with Gasteiger partial charge < -0.3 is 5.32 Å². The number of rotatable bonds is 1. The van der Waals surface area contributed by atoms with Gasteiger partial charge in [0.05, 0.1) is 0 Å². The molecule has 0 bridgehead atoms. The third-order valence-electron chi connectivity index (χ3n) is 2.84. The molecule has 0 saturated heterocycles. The van der Waals surface area contributed by atoms with Crippen molar-refractivity contribution in [3.05, 3.63) is 29.3 Å². The SMILES string of the molecule is CSC1(C)C(=O)Nc2cccc(C)c21. The Morgan fingerprint density at radius 1 is 1.43 bits per heavy atom. The summed E-state index contributed by atoms with van der Waals surface area (Å²) in [6, 6.07) is 5.98. The van der Waals surface area contributed by atoms with E-state index < -0.39 is 4.75 Å². The van der Waals surface area contributed by atoms with Crippen LogP contribution in [0.15, 0.2) is 18.2 Å². The molecule has 0 aromatic heterocycles. The Hall–Kier alpha value is -0.960. The normalized spacial score (nSPS) is 24.6. The number of carbonyl (C=O) groups is 1. The maximum atomic E-state index is 11.8. The number of hydrogen-bond donors (Lipinski definition) is 1. The van der Waals surface area contributed by atoms with Gasteiger partial charge in [-0.15, -0.1) is 11.8 Å². The molecule has 74 valence electrons. The highest BCUT2D eigenvalue weighted by molar-refractivity contribution is 8.00. The van der Waals surface area contributed by atoms with Gasteiger partial charge in [0, 0.05) is 11.3 Å². The van der Waals surface area contributed by atoms with Crippen LogP contribution in [-0.2, 0) is 9.54 Å². The molecule has 2 nitrogen and oxygen atoms in total. The molecule has 1 heterocycles. The monoisotopic (exact) mass is 207 g/mol. The average Bonchev–Trinajstić information content (AvgIpc) is 2.41. The first-order chi connectivity index (χ1) is 6.59. The van der Waals surface area contributed by atoms with Crippen LogP contribution in [0.3, 0.4) is 0 Å². The molecule has 1 aromatic rings. The first-order valence-electron chi connectivity index (χ1n) is 4.56. The summed E-state index contributed by atoms with van der Waals surface area (Å²) in [4.78, 5) is 11.8. The minimum Gasteiger partial charge on any atom is -0.324 e. The zero-order valence-electron chi connectivity index (χ0n) is 8.55. The summed E-state index contributed by atoms with van der Waals surface area (Å²) in [6.07, 6.45) is 1.97. The molecule has 0 radical (unpaired) electrons. The smallest absolute Gasteiger partial charge is 0.244 e.